The van der Waals surface area contributed by atoms with E-state index in [-0.39, 0.29) is 5.56 Å². The molecule has 82 valence electrons. The second kappa shape index (κ2) is 4.75. The maximum Gasteiger partial charge on any atom is 0.323 e. The van der Waals surface area contributed by atoms with Gasteiger partial charge in [-0.25, -0.2) is 4.39 Å². The smallest absolute Gasteiger partial charge is 0.323 e. The van der Waals surface area contributed by atoms with E-state index in [9.17, 15) is 9.18 Å². The molecule has 4 nitrogen and oxygen atoms in total. The fraction of sp³-hybridized carbons (Fsp3) is 0.300. The first-order chi connectivity index (χ1) is 7.07. The van der Waals surface area contributed by atoms with Crippen molar-refractivity contribution in [3.63, 3.8) is 0 Å². The second-order valence-corrected chi connectivity index (χ2v) is 3.01. The number of carboxylic acid groups (broad SMARTS) is 1. The van der Waals surface area contributed by atoms with Crippen LogP contribution in [0.5, 0.6) is 5.75 Å². The van der Waals surface area contributed by atoms with Crippen molar-refractivity contribution in [2.45, 2.75) is 12.2 Å². The maximum atomic E-state index is 13.6. The molecule has 0 heterocycles. The van der Waals surface area contributed by atoms with Crippen molar-refractivity contribution < 1.29 is 19.0 Å². The zero-order valence-electron chi connectivity index (χ0n) is 8.18. The van der Waals surface area contributed by atoms with E-state index < -0.39 is 18.2 Å². The molecule has 0 aliphatic heterocycles. The van der Waals surface area contributed by atoms with Crippen LogP contribution in [0.15, 0.2) is 24.3 Å². The molecule has 0 aliphatic carbocycles. The molecule has 0 aromatic heterocycles. The van der Waals surface area contributed by atoms with Crippen molar-refractivity contribution in [1.29, 1.82) is 0 Å². The van der Waals surface area contributed by atoms with Crippen LogP contribution in [0.1, 0.15) is 11.7 Å². The summed E-state index contributed by atoms with van der Waals surface area (Å²) in [5.41, 5.74) is 5.33. The van der Waals surface area contributed by atoms with E-state index in [1.54, 1.807) is 18.2 Å². The fourth-order valence-electron chi connectivity index (χ4n) is 1.21. The number of rotatable bonds is 4. The number of ether oxygens (including phenoxy) is 1. The number of carboxylic acids is 1. The van der Waals surface area contributed by atoms with E-state index in [4.69, 9.17) is 15.6 Å². The number of hydrogen-bond donors (Lipinski definition) is 2. The summed E-state index contributed by atoms with van der Waals surface area (Å²) in [6.45, 7) is 0. The van der Waals surface area contributed by atoms with Crippen LogP contribution >= 0.6 is 0 Å². The van der Waals surface area contributed by atoms with Gasteiger partial charge in [0, 0.05) is 5.56 Å². The molecule has 1 aromatic rings. The highest BCUT2D eigenvalue weighted by Crippen LogP contribution is 2.29. The molecule has 0 aliphatic rings. The van der Waals surface area contributed by atoms with Crippen molar-refractivity contribution in [1.82, 2.24) is 0 Å². The Morgan fingerprint density at radius 2 is 2.13 bits per heavy atom. The van der Waals surface area contributed by atoms with Crippen LogP contribution in [-0.4, -0.2) is 24.2 Å². The molecule has 5 heteroatoms. The Balaban J connectivity index is 2.99. The van der Waals surface area contributed by atoms with Gasteiger partial charge in [-0.15, -0.1) is 0 Å². The van der Waals surface area contributed by atoms with Gasteiger partial charge in [-0.3, -0.25) is 4.79 Å². The van der Waals surface area contributed by atoms with Crippen molar-refractivity contribution >= 4 is 5.97 Å². The van der Waals surface area contributed by atoms with Crippen LogP contribution in [0.25, 0.3) is 0 Å². The predicted octanol–water partition coefficient (Wildman–Crippen LogP) is 1.12. The molecule has 0 radical (unpaired) electrons. The monoisotopic (exact) mass is 213 g/mol. The highest BCUT2D eigenvalue weighted by molar-refractivity contribution is 5.74. The van der Waals surface area contributed by atoms with Gasteiger partial charge in [-0.1, -0.05) is 18.2 Å². The predicted molar refractivity (Wildman–Crippen MR) is 52.5 cm³/mol. The second-order valence-electron chi connectivity index (χ2n) is 3.01. The summed E-state index contributed by atoms with van der Waals surface area (Å²) >= 11 is 0. The maximum absolute atomic E-state index is 13.6. The van der Waals surface area contributed by atoms with Gasteiger partial charge in [0.15, 0.2) is 6.17 Å². The van der Waals surface area contributed by atoms with E-state index >= 15 is 0 Å². The normalized spacial score (nSPS) is 14.3. The van der Waals surface area contributed by atoms with Gasteiger partial charge < -0.3 is 15.6 Å². The molecule has 15 heavy (non-hydrogen) atoms. The zero-order valence-corrected chi connectivity index (χ0v) is 8.18. The fourth-order valence-corrected chi connectivity index (χ4v) is 1.21. The first kappa shape index (κ1) is 11.5. The van der Waals surface area contributed by atoms with Crippen LogP contribution in [-0.2, 0) is 4.79 Å². The lowest BCUT2D eigenvalue weighted by atomic mass is 10.0. The van der Waals surface area contributed by atoms with Crippen molar-refractivity contribution in [2.24, 2.45) is 5.73 Å². The molecule has 0 spiro atoms. The average molecular weight is 213 g/mol. The lowest BCUT2D eigenvalue weighted by Crippen LogP contribution is -2.34. The Labute approximate surface area is 86.5 Å². The molecular formula is C10H12FNO3. The van der Waals surface area contributed by atoms with Crippen LogP contribution in [0.3, 0.4) is 0 Å². The standard InChI is InChI=1S/C10H12FNO3/c1-15-7-5-3-2-4-6(7)8(11)9(12)10(13)14/h2-5,8-9H,12H2,1H3,(H,13,14). The number of aliphatic carboxylic acids is 1. The third-order valence-corrected chi connectivity index (χ3v) is 2.04. The van der Waals surface area contributed by atoms with Crippen molar-refractivity contribution in [3.8, 4) is 5.75 Å². The van der Waals surface area contributed by atoms with E-state index in [2.05, 4.69) is 0 Å². The van der Waals surface area contributed by atoms with Gasteiger partial charge >= 0.3 is 5.97 Å². The number of benzene rings is 1. The molecule has 0 fully saturated rings. The van der Waals surface area contributed by atoms with Gasteiger partial charge in [0.25, 0.3) is 0 Å². The molecule has 1 aromatic carbocycles. The van der Waals surface area contributed by atoms with E-state index in [1.807, 2.05) is 0 Å². The van der Waals surface area contributed by atoms with Gasteiger partial charge in [-0.2, -0.15) is 0 Å². The van der Waals surface area contributed by atoms with E-state index in [0.29, 0.717) is 5.75 Å². The Kier molecular flexibility index (Phi) is 3.62. The summed E-state index contributed by atoms with van der Waals surface area (Å²) in [6, 6.07) is 4.68. The van der Waals surface area contributed by atoms with Crippen molar-refractivity contribution in [3.05, 3.63) is 29.8 Å². The lowest BCUT2D eigenvalue weighted by Gasteiger charge is -2.15. The first-order valence-corrected chi connectivity index (χ1v) is 4.33. The molecule has 2 unspecified atom stereocenters. The Morgan fingerprint density at radius 3 is 2.67 bits per heavy atom. The topological polar surface area (TPSA) is 72.5 Å². The highest BCUT2D eigenvalue weighted by Gasteiger charge is 2.27. The number of para-hydroxylation sites is 1. The zero-order chi connectivity index (χ0) is 11.4. The summed E-state index contributed by atoms with van der Waals surface area (Å²) in [5, 5.41) is 8.57. The van der Waals surface area contributed by atoms with E-state index in [0.717, 1.165) is 0 Å². The number of methoxy groups -OCH3 is 1. The Morgan fingerprint density at radius 1 is 1.53 bits per heavy atom. The number of halogens is 1. The van der Waals surface area contributed by atoms with Crippen LogP contribution < -0.4 is 10.5 Å². The lowest BCUT2D eigenvalue weighted by molar-refractivity contribution is -0.140. The molecule has 0 saturated heterocycles. The summed E-state index contributed by atoms with van der Waals surface area (Å²) in [4.78, 5) is 10.5. The minimum Gasteiger partial charge on any atom is -0.496 e. The minimum atomic E-state index is -1.78. The van der Waals surface area contributed by atoms with E-state index in [1.165, 1.54) is 13.2 Å². The average Bonchev–Trinajstić information content (AvgIpc) is 2.26. The van der Waals surface area contributed by atoms with Crippen LogP contribution in [0.2, 0.25) is 0 Å². The Hall–Kier alpha value is -1.62. The number of alkyl halides is 1. The van der Waals surface area contributed by atoms with Crippen molar-refractivity contribution in [2.75, 3.05) is 7.11 Å². The number of hydrogen-bond acceptors (Lipinski definition) is 3. The first-order valence-electron chi connectivity index (χ1n) is 4.33. The molecule has 0 saturated carbocycles. The Bertz CT molecular complexity index is 356. The number of carbonyl (C=O) groups is 1. The number of nitrogens with two attached hydrogens (primary N) is 1. The summed E-state index contributed by atoms with van der Waals surface area (Å²) in [5.74, 6) is -1.09. The quantitative estimate of drug-likeness (QED) is 0.786. The van der Waals surface area contributed by atoms with Gasteiger partial charge in [0.05, 0.1) is 7.11 Å². The molecule has 0 bridgehead atoms. The molecule has 1 rings (SSSR count). The molecular weight excluding hydrogens is 201 g/mol. The largest absolute Gasteiger partial charge is 0.496 e. The third-order valence-electron chi connectivity index (χ3n) is 2.04. The summed E-state index contributed by atoms with van der Waals surface area (Å²) < 4.78 is 18.5. The minimum absolute atomic E-state index is 0.148. The highest BCUT2D eigenvalue weighted by atomic mass is 19.1. The van der Waals surface area contributed by atoms with Crippen LogP contribution in [0.4, 0.5) is 4.39 Å². The third kappa shape index (κ3) is 2.44. The summed E-state index contributed by atoms with van der Waals surface area (Å²) in [7, 11) is 1.39. The summed E-state index contributed by atoms with van der Waals surface area (Å²) in [6.07, 6.45) is -1.78. The van der Waals surface area contributed by atoms with Gasteiger partial charge in [-0.05, 0) is 6.07 Å². The van der Waals surface area contributed by atoms with Gasteiger partial charge in [0.2, 0.25) is 0 Å². The SMILES string of the molecule is COc1ccccc1C(F)C(N)C(=O)O. The molecule has 0 amide bonds. The molecule has 3 N–H and O–H groups in total. The van der Waals surface area contributed by atoms with Crippen LogP contribution in [0, 0.1) is 0 Å². The van der Waals surface area contributed by atoms with Gasteiger partial charge in [0.1, 0.15) is 11.8 Å². The molecule has 2 atom stereocenters.